The van der Waals surface area contributed by atoms with Crippen molar-refractivity contribution >= 4 is 29.1 Å². The molecule has 1 fully saturated rings. The Morgan fingerprint density at radius 3 is 2.59 bits per heavy atom. The molecule has 0 aliphatic heterocycles. The summed E-state index contributed by atoms with van der Waals surface area (Å²) in [6, 6.07) is 8.85. The molecule has 140 valence electrons. The van der Waals surface area contributed by atoms with E-state index in [1.807, 2.05) is 32.0 Å². The van der Waals surface area contributed by atoms with E-state index in [0.29, 0.717) is 18.0 Å². The lowest BCUT2D eigenvalue weighted by Crippen LogP contribution is -2.28. The summed E-state index contributed by atoms with van der Waals surface area (Å²) < 4.78 is 0. The van der Waals surface area contributed by atoms with E-state index in [1.165, 1.54) is 12.3 Å². The number of hydrogen-bond donors (Lipinski definition) is 1. The average molecular weight is 385 g/mol. The fourth-order valence-electron chi connectivity index (χ4n) is 3.67. The minimum Gasteiger partial charge on any atom is -0.351 e. The van der Waals surface area contributed by atoms with Crippen LogP contribution < -0.4 is 5.32 Å². The van der Waals surface area contributed by atoms with Gasteiger partial charge in [-0.2, -0.15) is 0 Å². The lowest BCUT2D eigenvalue weighted by molar-refractivity contribution is -0.124. The standard InChI is InChI=1S/C21H21ClN2O3/c1-12-4-3-5-13(2)18(12)19-17(25)10-14(20(19)26)6-8-24-21(27)16-11-15(22)7-9-23-16/h3-5,7,9,11,14,19H,6,8,10H2,1-2H3,(H,24,27)/t14-,19?/m1/s1. The number of rotatable bonds is 5. The first-order valence-electron chi connectivity index (χ1n) is 8.90. The van der Waals surface area contributed by atoms with Crippen molar-refractivity contribution in [2.75, 3.05) is 6.54 Å². The molecule has 1 aliphatic carbocycles. The maximum atomic E-state index is 12.8. The van der Waals surface area contributed by atoms with Crippen LogP contribution in [0.4, 0.5) is 0 Å². The Morgan fingerprint density at radius 2 is 1.93 bits per heavy atom. The first kappa shape index (κ1) is 19.2. The van der Waals surface area contributed by atoms with Gasteiger partial charge in [0.15, 0.2) is 5.78 Å². The van der Waals surface area contributed by atoms with Gasteiger partial charge in [0, 0.05) is 30.1 Å². The number of nitrogens with zero attached hydrogens (tertiary/aromatic N) is 1. The molecule has 1 unspecified atom stereocenters. The number of benzene rings is 1. The van der Waals surface area contributed by atoms with Crippen molar-refractivity contribution < 1.29 is 14.4 Å². The molecule has 1 saturated carbocycles. The van der Waals surface area contributed by atoms with Crippen LogP contribution >= 0.6 is 11.6 Å². The Hall–Kier alpha value is -2.53. The van der Waals surface area contributed by atoms with Crippen LogP contribution in [0.15, 0.2) is 36.5 Å². The molecule has 5 nitrogen and oxygen atoms in total. The first-order valence-corrected chi connectivity index (χ1v) is 9.28. The van der Waals surface area contributed by atoms with Crippen molar-refractivity contribution in [3.8, 4) is 0 Å². The molecule has 1 heterocycles. The van der Waals surface area contributed by atoms with Gasteiger partial charge in [0.2, 0.25) is 0 Å². The van der Waals surface area contributed by atoms with E-state index < -0.39 is 5.92 Å². The quantitative estimate of drug-likeness (QED) is 0.801. The smallest absolute Gasteiger partial charge is 0.269 e. The van der Waals surface area contributed by atoms with Crippen LogP contribution in [0.25, 0.3) is 0 Å². The van der Waals surface area contributed by atoms with Crippen LogP contribution in [0.1, 0.15) is 45.9 Å². The highest BCUT2D eigenvalue weighted by molar-refractivity contribution is 6.30. The number of carbonyl (C=O) groups excluding carboxylic acids is 3. The van der Waals surface area contributed by atoms with E-state index in [9.17, 15) is 14.4 Å². The predicted molar refractivity (Wildman–Crippen MR) is 103 cm³/mol. The second-order valence-corrected chi connectivity index (χ2v) is 7.35. The van der Waals surface area contributed by atoms with Crippen LogP contribution in [0.5, 0.6) is 0 Å². The van der Waals surface area contributed by atoms with Gasteiger partial charge < -0.3 is 5.32 Å². The Labute approximate surface area is 163 Å². The number of pyridine rings is 1. The highest BCUT2D eigenvalue weighted by Crippen LogP contribution is 2.36. The van der Waals surface area contributed by atoms with Gasteiger partial charge in [-0.05, 0) is 49.1 Å². The molecule has 27 heavy (non-hydrogen) atoms. The minimum absolute atomic E-state index is 0.0368. The number of hydrogen-bond acceptors (Lipinski definition) is 4. The summed E-state index contributed by atoms with van der Waals surface area (Å²) in [4.78, 5) is 41.4. The van der Waals surface area contributed by atoms with E-state index >= 15 is 0 Å². The van der Waals surface area contributed by atoms with E-state index in [-0.39, 0.29) is 35.5 Å². The van der Waals surface area contributed by atoms with E-state index in [1.54, 1.807) is 6.07 Å². The summed E-state index contributed by atoms with van der Waals surface area (Å²) in [5.74, 6) is -1.48. The van der Waals surface area contributed by atoms with Crippen LogP contribution in [0, 0.1) is 19.8 Å². The molecule has 1 N–H and O–H groups in total. The van der Waals surface area contributed by atoms with Crippen LogP contribution in [-0.4, -0.2) is 29.0 Å². The number of ketones is 2. The van der Waals surface area contributed by atoms with Crippen molar-refractivity contribution in [3.05, 3.63) is 63.9 Å². The van der Waals surface area contributed by atoms with Crippen molar-refractivity contribution in [2.24, 2.45) is 5.92 Å². The fourth-order valence-corrected chi connectivity index (χ4v) is 3.83. The first-order chi connectivity index (χ1) is 12.9. The second-order valence-electron chi connectivity index (χ2n) is 6.91. The molecule has 1 aromatic carbocycles. The van der Waals surface area contributed by atoms with Crippen molar-refractivity contribution in [3.63, 3.8) is 0 Å². The molecule has 1 aromatic heterocycles. The molecular weight excluding hydrogens is 364 g/mol. The number of carbonyl (C=O) groups is 3. The predicted octanol–water partition coefficient (Wildman–Crippen LogP) is 3.41. The Morgan fingerprint density at radius 1 is 1.22 bits per heavy atom. The average Bonchev–Trinajstić information content (AvgIpc) is 2.89. The van der Waals surface area contributed by atoms with Gasteiger partial charge in [0.25, 0.3) is 5.91 Å². The molecule has 0 spiro atoms. The fraction of sp³-hybridized carbons (Fsp3) is 0.333. The maximum Gasteiger partial charge on any atom is 0.269 e. The number of amides is 1. The number of Topliss-reactive ketones (excluding diaryl/α,β-unsaturated/α-hetero) is 2. The lowest BCUT2D eigenvalue weighted by Gasteiger charge is -2.15. The zero-order chi connectivity index (χ0) is 19.6. The van der Waals surface area contributed by atoms with Crippen LogP contribution in [-0.2, 0) is 9.59 Å². The van der Waals surface area contributed by atoms with E-state index in [4.69, 9.17) is 11.6 Å². The molecule has 0 radical (unpaired) electrons. The third-order valence-electron chi connectivity index (χ3n) is 5.02. The van der Waals surface area contributed by atoms with Crippen molar-refractivity contribution in [1.82, 2.24) is 10.3 Å². The molecular formula is C21H21ClN2O3. The molecule has 2 aromatic rings. The molecule has 0 saturated heterocycles. The molecule has 1 amide bonds. The maximum absolute atomic E-state index is 12.8. The zero-order valence-electron chi connectivity index (χ0n) is 15.3. The van der Waals surface area contributed by atoms with E-state index in [0.717, 1.165) is 16.7 Å². The van der Waals surface area contributed by atoms with Crippen LogP contribution in [0.3, 0.4) is 0 Å². The van der Waals surface area contributed by atoms with Crippen molar-refractivity contribution in [1.29, 1.82) is 0 Å². The summed E-state index contributed by atoms with van der Waals surface area (Å²) in [6.07, 6.45) is 2.12. The monoisotopic (exact) mass is 384 g/mol. The highest BCUT2D eigenvalue weighted by atomic mass is 35.5. The highest BCUT2D eigenvalue weighted by Gasteiger charge is 2.42. The Balaban J connectivity index is 1.63. The summed E-state index contributed by atoms with van der Waals surface area (Å²) in [7, 11) is 0. The summed E-state index contributed by atoms with van der Waals surface area (Å²) in [6.45, 7) is 4.15. The molecule has 0 bridgehead atoms. The summed E-state index contributed by atoms with van der Waals surface area (Å²) >= 11 is 5.86. The lowest BCUT2D eigenvalue weighted by atomic mass is 9.87. The van der Waals surface area contributed by atoms with Crippen LogP contribution in [0.2, 0.25) is 5.02 Å². The van der Waals surface area contributed by atoms with Gasteiger partial charge in [0.1, 0.15) is 17.4 Å². The normalized spacial score (nSPS) is 19.4. The molecule has 1 aliphatic rings. The second kappa shape index (κ2) is 8.01. The topological polar surface area (TPSA) is 76.1 Å². The summed E-state index contributed by atoms with van der Waals surface area (Å²) in [5, 5.41) is 3.18. The number of aryl methyl sites for hydroxylation is 2. The van der Waals surface area contributed by atoms with Gasteiger partial charge in [-0.15, -0.1) is 0 Å². The number of halogens is 1. The number of nitrogens with one attached hydrogen (secondary N) is 1. The third kappa shape index (κ3) is 4.08. The number of aromatic nitrogens is 1. The SMILES string of the molecule is Cc1cccc(C)c1C1C(=O)C[C@@H](CCNC(=O)c2cc(Cl)ccn2)C1=O. The molecule has 6 heteroatoms. The zero-order valence-corrected chi connectivity index (χ0v) is 16.0. The third-order valence-corrected chi connectivity index (χ3v) is 5.26. The largest absolute Gasteiger partial charge is 0.351 e. The van der Waals surface area contributed by atoms with Gasteiger partial charge in [-0.3, -0.25) is 19.4 Å². The Kier molecular flexibility index (Phi) is 5.71. The van der Waals surface area contributed by atoms with Crippen molar-refractivity contribution in [2.45, 2.75) is 32.6 Å². The molecule has 3 rings (SSSR count). The van der Waals surface area contributed by atoms with Gasteiger partial charge in [0.05, 0.1) is 0 Å². The Bertz CT molecular complexity index is 890. The van der Waals surface area contributed by atoms with Gasteiger partial charge in [-0.25, -0.2) is 0 Å². The van der Waals surface area contributed by atoms with Gasteiger partial charge >= 0.3 is 0 Å². The van der Waals surface area contributed by atoms with E-state index in [2.05, 4.69) is 10.3 Å². The minimum atomic E-state index is -0.679. The molecule has 2 atom stereocenters. The summed E-state index contributed by atoms with van der Waals surface area (Å²) in [5.41, 5.74) is 2.98. The van der Waals surface area contributed by atoms with Gasteiger partial charge in [-0.1, -0.05) is 29.8 Å².